The number of hydrogen-bond donors (Lipinski definition) is 1. The average Bonchev–Trinajstić information content (AvgIpc) is 3.15. The third-order valence-electron chi connectivity index (χ3n) is 3.90. The number of aromatic nitrogens is 3. The van der Waals surface area contributed by atoms with Crippen LogP contribution >= 0.6 is 11.6 Å². The summed E-state index contributed by atoms with van der Waals surface area (Å²) in [6, 6.07) is 11.0. The average molecular weight is 359 g/mol. The molecule has 3 aromatic rings. The molecular weight excluding hydrogens is 343 g/mol. The van der Waals surface area contributed by atoms with E-state index in [1.165, 1.54) is 12.1 Å². The van der Waals surface area contributed by atoms with Gasteiger partial charge in [-0.3, -0.25) is 9.36 Å². The fourth-order valence-corrected chi connectivity index (χ4v) is 2.80. The lowest BCUT2D eigenvalue weighted by Gasteiger charge is -2.18. The third kappa shape index (κ3) is 3.85. The van der Waals surface area contributed by atoms with Gasteiger partial charge in [0.05, 0.1) is 16.6 Å². The molecule has 0 saturated carbocycles. The van der Waals surface area contributed by atoms with E-state index in [1.807, 2.05) is 6.92 Å². The van der Waals surface area contributed by atoms with Crippen LogP contribution in [0.15, 0.2) is 55.1 Å². The topological polar surface area (TPSA) is 59.8 Å². The predicted octanol–water partition coefficient (Wildman–Crippen LogP) is 3.94. The van der Waals surface area contributed by atoms with Crippen molar-refractivity contribution in [1.29, 1.82) is 0 Å². The van der Waals surface area contributed by atoms with Crippen LogP contribution in [0.5, 0.6) is 0 Å². The highest BCUT2D eigenvalue weighted by molar-refractivity contribution is 6.34. The second kappa shape index (κ2) is 7.44. The minimum absolute atomic E-state index is 0.221. The number of nitrogens with zero attached hydrogens (tertiary/aromatic N) is 3. The summed E-state index contributed by atoms with van der Waals surface area (Å²) in [5, 5.41) is 10.7. The van der Waals surface area contributed by atoms with Gasteiger partial charge >= 0.3 is 0 Å². The molecule has 1 atom stereocenters. The number of rotatable bonds is 5. The molecule has 0 bridgehead atoms. The van der Waals surface area contributed by atoms with Crippen molar-refractivity contribution in [2.45, 2.75) is 19.4 Å². The lowest BCUT2D eigenvalue weighted by molar-refractivity contribution is 0.0935. The lowest BCUT2D eigenvalue weighted by Crippen LogP contribution is -2.28. The summed E-state index contributed by atoms with van der Waals surface area (Å²) in [6.45, 7) is 1.95. The van der Waals surface area contributed by atoms with E-state index in [-0.39, 0.29) is 17.8 Å². The van der Waals surface area contributed by atoms with Crippen LogP contribution in [0.1, 0.15) is 35.3 Å². The van der Waals surface area contributed by atoms with Gasteiger partial charge in [-0.05, 0) is 42.3 Å². The van der Waals surface area contributed by atoms with Crippen LogP contribution in [0.25, 0.3) is 5.69 Å². The normalized spacial score (nSPS) is 12.0. The summed E-state index contributed by atoms with van der Waals surface area (Å²) < 4.78 is 14.8. The Balaban J connectivity index is 1.79. The highest BCUT2D eigenvalue weighted by atomic mass is 35.5. The van der Waals surface area contributed by atoms with Crippen LogP contribution in [0.2, 0.25) is 5.02 Å². The van der Waals surface area contributed by atoms with Crippen molar-refractivity contribution in [3.8, 4) is 5.69 Å². The molecule has 1 unspecified atom stereocenters. The van der Waals surface area contributed by atoms with E-state index >= 15 is 0 Å². The quantitative estimate of drug-likeness (QED) is 0.751. The SMILES string of the molecule is CCC(NC(=O)c1ccc(-n2cnnc2)cc1Cl)c1ccc(F)cc1. The van der Waals surface area contributed by atoms with Crippen LogP contribution < -0.4 is 5.32 Å². The third-order valence-corrected chi connectivity index (χ3v) is 4.21. The van der Waals surface area contributed by atoms with Crippen molar-refractivity contribution in [3.63, 3.8) is 0 Å². The second-order valence-electron chi connectivity index (χ2n) is 5.52. The Kier molecular flexibility index (Phi) is 5.09. The maximum absolute atomic E-state index is 13.1. The molecule has 1 heterocycles. The van der Waals surface area contributed by atoms with Gasteiger partial charge < -0.3 is 5.32 Å². The van der Waals surface area contributed by atoms with Crippen LogP contribution in [-0.4, -0.2) is 20.7 Å². The fraction of sp³-hybridized carbons (Fsp3) is 0.167. The van der Waals surface area contributed by atoms with Crippen LogP contribution in [0.3, 0.4) is 0 Å². The molecule has 25 heavy (non-hydrogen) atoms. The number of hydrogen-bond acceptors (Lipinski definition) is 3. The zero-order valence-corrected chi connectivity index (χ0v) is 14.2. The van der Waals surface area contributed by atoms with Crippen LogP contribution in [-0.2, 0) is 0 Å². The zero-order chi connectivity index (χ0) is 17.8. The van der Waals surface area contributed by atoms with Gasteiger partial charge in [-0.2, -0.15) is 0 Å². The maximum atomic E-state index is 13.1. The van der Waals surface area contributed by atoms with E-state index in [0.29, 0.717) is 17.0 Å². The van der Waals surface area contributed by atoms with Gasteiger partial charge in [0, 0.05) is 5.69 Å². The minimum Gasteiger partial charge on any atom is -0.345 e. The van der Waals surface area contributed by atoms with Crippen molar-refractivity contribution in [2.24, 2.45) is 0 Å². The van der Waals surface area contributed by atoms with E-state index < -0.39 is 0 Å². The summed E-state index contributed by atoms with van der Waals surface area (Å²) in [5.41, 5.74) is 1.98. The molecule has 128 valence electrons. The lowest BCUT2D eigenvalue weighted by atomic mass is 10.0. The number of amides is 1. The molecule has 1 N–H and O–H groups in total. The summed E-state index contributed by atoms with van der Waals surface area (Å²) in [6.07, 6.45) is 3.77. The van der Waals surface area contributed by atoms with E-state index in [0.717, 1.165) is 11.3 Å². The van der Waals surface area contributed by atoms with E-state index in [9.17, 15) is 9.18 Å². The fourth-order valence-electron chi connectivity index (χ4n) is 2.53. The van der Waals surface area contributed by atoms with E-state index in [1.54, 1.807) is 47.6 Å². The van der Waals surface area contributed by atoms with Gasteiger partial charge in [-0.15, -0.1) is 10.2 Å². The summed E-state index contributed by atoms with van der Waals surface area (Å²) in [4.78, 5) is 12.6. The number of halogens is 2. The largest absolute Gasteiger partial charge is 0.345 e. The molecular formula is C18H16ClFN4O. The Labute approximate surface area is 149 Å². The van der Waals surface area contributed by atoms with Crippen molar-refractivity contribution in [2.75, 3.05) is 0 Å². The van der Waals surface area contributed by atoms with E-state index in [4.69, 9.17) is 11.6 Å². The number of nitrogens with one attached hydrogen (secondary N) is 1. The van der Waals surface area contributed by atoms with Gasteiger partial charge in [0.2, 0.25) is 0 Å². The molecule has 0 fully saturated rings. The zero-order valence-electron chi connectivity index (χ0n) is 13.5. The highest BCUT2D eigenvalue weighted by Crippen LogP contribution is 2.22. The van der Waals surface area contributed by atoms with Crippen molar-refractivity contribution in [1.82, 2.24) is 20.1 Å². The molecule has 7 heteroatoms. The molecule has 1 amide bonds. The number of carbonyl (C=O) groups is 1. The van der Waals surface area contributed by atoms with Crippen molar-refractivity contribution in [3.05, 3.63) is 77.1 Å². The second-order valence-corrected chi connectivity index (χ2v) is 5.93. The number of carbonyl (C=O) groups excluding carboxylic acids is 1. The first kappa shape index (κ1) is 17.1. The van der Waals surface area contributed by atoms with Gasteiger partial charge in [0.1, 0.15) is 18.5 Å². The summed E-state index contributed by atoms with van der Waals surface area (Å²) in [7, 11) is 0. The van der Waals surface area contributed by atoms with Gasteiger partial charge in [0.15, 0.2) is 0 Å². The Hall–Kier alpha value is -2.73. The minimum atomic E-state index is -0.308. The smallest absolute Gasteiger partial charge is 0.253 e. The predicted molar refractivity (Wildman–Crippen MR) is 93.3 cm³/mol. The molecule has 0 aliphatic carbocycles. The highest BCUT2D eigenvalue weighted by Gasteiger charge is 2.17. The van der Waals surface area contributed by atoms with Crippen molar-refractivity contribution < 1.29 is 9.18 Å². The molecule has 0 aliphatic rings. The Morgan fingerprint density at radius 2 is 1.88 bits per heavy atom. The van der Waals surface area contributed by atoms with E-state index in [2.05, 4.69) is 15.5 Å². The molecule has 5 nitrogen and oxygen atoms in total. The van der Waals surface area contributed by atoms with Crippen molar-refractivity contribution >= 4 is 17.5 Å². The standard InChI is InChI=1S/C18H16ClFN4O/c1-2-17(12-3-5-13(20)6-4-12)23-18(25)15-8-7-14(9-16(15)19)24-10-21-22-11-24/h3-11,17H,2H2,1H3,(H,23,25). The first-order valence-corrected chi connectivity index (χ1v) is 8.17. The van der Waals surface area contributed by atoms with Crippen LogP contribution in [0.4, 0.5) is 4.39 Å². The molecule has 2 aromatic carbocycles. The van der Waals surface area contributed by atoms with Gasteiger partial charge in [-0.25, -0.2) is 4.39 Å². The Bertz CT molecular complexity index is 865. The maximum Gasteiger partial charge on any atom is 0.253 e. The Morgan fingerprint density at radius 3 is 2.48 bits per heavy atom. The van der Waals surface area contributed by atoms with Gasteiger partial charge in [0.25, 0.3) is 5.91 Å². The molecule has 0 aliphatic heterocycles. The summed E-state index contributed by atoms with van der Waals surface area (Å²) >= 11 is 6.27. The first-order chi connectivity index (χ1) is 12.1. The monoisotopic (exact) mass is 358 g/mol. The Morgan fingerprint density at radius 1 is 1.20 bits per heavy atom. The molecule has 3 rings (SSSR count). The molecule has 1 aromatic heterocycles. The first-order valence-electron chi connectivity index (χ1n) is 7.79. The van der Waals surface area contributed by atoms with Gasteiger partial charge in [-0.1, -0.05) is 30.7 Å². The molecule has 0 radical (unpaired) electrons. The van der Waals surface area contributed by atoms with Crippen LogP contribution in [0, 0.1) is 5.82 Å². The molecule has 0 spiro atoms. The number of benzene rings is 2. The summed E-state index contributed by atoms with van der Waals surface area (Å²) in [5.74, 6) is -0.589. The molecule has 0 saturated heterocycles.